The fraction of sp³-hybridized carbons (Fsp3) is 0.838. The van der Waals surface area contributed by atoms with Crippen LogP contribution in [0.1, 0.15) is 103 Å². The molecule has 3 heteroatoms. The molecule has 12 atom stereocenters. The predicted octanol–water partition coefficient (Wildman–Crippen LogP) is 8.53. The second-order valence-corrected chi connectivity index (χ2v) is 16.2. The van der Waals surface area contributed by atoms with Crippen molar-refractivity contribution < 1.29 is 9.47 Å². The van der Waals surface area contributed by atoms with E-state index in [2.05, 4.69) is 77.9 Å². The van der Waals surface area contributed by atoms with Crippen LogP contribution in [-0.2, 0) is 16.1 Å². The molecule has 4 saturated carbocycles. The first-order valence-corrected chi connectivity index (χ1v) is 17.1. The van der Waals surface area contributed by atoms with Gasteiger partial charge in [-0.25, -0.2) is 0 Å². The molecule has 6 rings (SSSR count). The average molecular weight is 550 g/mol. The van der Waals surface area contributed by atoms with Crippen LogP contribution in [0.25, 0.3) is 0 Å². The van der Waals surface area contributed by atoms with Crippen LogP contribution in [0.3, 0.4) is 0 Å². The molecular formula is C37H59NO2. The van der Waals surface area contributed by atoms with E-state index in [0.717, 1.165) is 48.0 Å². The van der Waals surface area contributed by atoms with Gasteiger partial charge in [-0.3, -0.25) is 0 Å². The van der Waals surface area contributed by atoms with Crippen molar-refractivity contribution >= 4 is 0 Å². The molecule has 5 aliphatic rings. The zero-order chi connectivity index (χ0) is 28.2. The number of aryl methyl sites for hydroxylation is 1. The quantitative estimate of drug-likeness (QED) is 0.324. The van der Waals surface area contributed by atoms with Crippen molar-refractivity contribution in [2.75, 3.05) is 20.6 Å². The van der Waals surface area contributed by atoms with E-state index in [1.54, 1.807) is 0 Å². The minimum atomic E-state index is 0.447. The summed E-state index contributed by atoms with van der Waals surface area (Å²) in [7, 11) is 4.40. The first-order valence-electron chi connectivity index (χ1n) is 17.1. The van der Waals surface area contributed by atoms with Gasteiger partial charge in [0.15, 0.2) is 0 Å². The van der Waals surface area contributed by atoms with E-state index in [-0.39, 0.29) is 0 Å². The zero-order valence-corrected chi connectivity index (χ0v) is 26.8. The van der Waals surface area contributed by atoms with E-state index in [1.165, 1.54) is 81.9 Å². The molecule has 40 heavy (non-hydrogen) atoms. The standard InChI is InChI=1S/C37H59NO2/c1-24-8-11-27(12-9-24)23-39-29-16-18-36(4)28(20-29)13-14-30-31(36)17-19-37(5)32(30)21-34-35(37)26(3)33(40-34)15-10-25(2)22-38(6)7/h8-9,11-12,25-26,28-35H,10,13-23H2,1-7H3/t25-,26+,28+,29-,30+,31-,32-,33+,34-,35-,36-,37-/m0/s1. The lowest BCUT2D eigenvalue weighted by Crippen LogP contribution is -2.54. The Morgan fingerprint density at radius 1 is 0.975 bits per heavy atom. The Bertz CT molecular complexity index is 1010. The largest absolute Gasteiger partial charge is 0.374 e. The number of hydrogen-bond donors (Lipinski definition) is 0. The zero-order valence-electron chi connectivity index (χ0n) is 26.8. The maximum atomic E-state index is 6.98. The number of hydrogen-bond acceptors (Lipinski definition) is 3. The molecule has 1 saturated heterocycles. The number of fused-ring (bicyclic) bond motifs is 7. The lowest BCUT2D eigenvalue weighted by atomic mass is 9.44. The minimum Gasteiger partial charge on any atom is -0.374 e. The summed E-state index contributed by atoms with van der Waals surface area (Å²) >= 11 is 0. The van der Waals surface area contributed by atoms with Crippen molar-refractivity contribution in [1.82, 2.24) is 4.90 Å². The van der Waals surface area contributed by atoms with E-state index in [4.69, 9.17) is 9.47 Å². The van der Waals surface area contributed by atoms with Crippen LogP contribution in [0.5, 0.6) is 0 Å². The van der Waals surface area contributed by atoms with Gasteiger partial charge in [0.05, 0.1) is 24.9 Å². The molecule has 224 valence electrons. The molecule has 1 heterocycles. The third kappa shape index (κ3) is 5.24. The van der Waals surface area contributed by atoms with Crippen LogP contribution in [0.4, 0.5) is 0 Å². The summed E-state index contributed by atoms with van der Waals surface area (Å²) < 4.78 is 13.5. The van der Waals surface area contributed by atoms with Gasteiger partial charge in [-0.15, -0.1) is 0 Å². The van der Waals surface area contributed by atoms with E-state index in [0.29, 0.717) is 29.1 Å². The molecule has 0 aromatic heterocycles. The van der Waals surface area contributed by atoms with E-state index >= 15 is 0 Å². The Kier molecular flexibility index (Phi) is 8.25. The van der Waals surface area contributed by atoms with Crippen LogP contribution >= 0.6 is 0 Å². The molecule has 4 aliphatic carbocycles. The smallest absolute Gasteiger partial charge is 0.0720 e. The molecule has 3 nitrogen and oxygen atoms in total. The fourth-order valence-corrected chi connectivity index (χ4v) is 11.4. The number of benzene rings is 1. The molecule has 0 bridgehead atoms. The molecule has 0 unspecified atom stereocenters. The first-order chi connectivity index (χ1) is 19.1. The molecule has 0 amide bonds. The van der Waals surface area contributed by atoms with Gasteiger partial charge in [0.1, 0.15) is 0 Å². The van der Waals surface area contributed by atoms with Crippen molar-refractivity contribution in [3.63, 3.8) is 0 Å². The van der Waals surface area contributed by atoms with Crippen LogP contribution in [-0.4, -0.2) is 43.9 Å². The predicted molar refractivity (Wildman–Crippen MR) is 165 cm³/mol. The van der Waals surface area contributed by atoms with Gasteiger partial charge in [0.25, 0.3) is 0 Å². The highest BCUT2D eigenvalue weighted by atomic mass is 16.5. The lowest BCUT2D eigenvalue weighted by molar-refractivity contribution is -0.139. The molecule has 0 spiro atoms. The molecule has 0 N–H and O–H groups in total. The summed E-state index contributed by atoms with van der Waals surface area (Å²) in [6.07, 6.45) is 15.0. The Morgan fingerprint density at radius 3 is 2.48 bits per heavy atom. The van der Waals surface area contributed by atoms with Gasteiger partial charge in [0.2, 0.25) is 0 Å². The summed E-state index contributed by atoms with van der Waals surface area (Å²) in [5, 5.41) is 0. The van der Waals surface area contributed by atoms with E-state index < -0.39 is 0 Å². The Balaban J connectivity index is 1.07. The van der Waals surface area contributed by atoms with Crippen molar-refractivity contribution in [3.05, 3.63) is 35.4 Å². The Hall–Kier alpha value is -0.900. The maximum Gasteiger partial charge on any atom is 0.0720 e. The SMILES string of the molecule is Cc1ccc(CO[C@H]2CC[C@@]3(C)[C@H](CC[C@@H]4[C@@H]3CC[C@]3(C)[C@H]5[C@H](C)[C@@H](CC[C@H](C)CN(C)C)O[C@H]5C[C@@H]43)C2)cc1. The number of nitrogens with zero attached hydrogens (tertiary/aromatic N) is 1. The van der Waals surface area contributed by atoms with Crippen LogP contribution < -0.4 is 0 Å². The maximum absolute atomic E-state index is 6.98. The van der Waals surface area contributed by atoms with Crippen LogP contribution in [0.2, 0.25) is 0 Å². The monoisotopic (exact) mass is 549 g/mol. The summed E-state index contributed by atoms with van der Waals surface area (Å²) in [5.74, 6) is 5.82. The van der Waals surface area contributed by atoms with Gasteiger partial charge < -0.3 is 14.4 Å². The van der Waals surface area contributed by atoms with Crippen LogP contribution in [0.15, 0.2) is 24.3 Å². The van der Waals surface area contributed by atoms with Gasteiger partial charge in [-0.1, -0.05) is 57.5 Å². The van der Waals surface area contributed by atoms with Gasteiger partial charge >= 0.3 is 0 Å². The summed E-state index contributed by atoms with van der Waals surface area (Å²) in [6, 6.07) is 8.90. The first kappa shape index (κ1) is 29.2. The lowest BCUT2D eigenvalue weighted by Gasteiger charge is -2.61. The van der Waals surface area contributed by atoms with Crippen molar-refractivity contribution in [3.8, 4) is 0 Å². The highest BCUT2D eigenvalue weighted by Gasteiger charge is 2.65. The normalized spacial score (nSPS) is 45.0. The highest BCUT2D eigenvalue weighted by Crippen LogP contribution is 2.70. The molecule has 1 aliphatic heterocycles. The second kappa shape index (κ2) is 11.3. The Labute approximate surface area is 246 Å². The van der Waals surface area contributed by atoms with Crippen molar-refractivity contribution in [1.29, 1.82) is 0 Å². The molecule has 1 aromatic carbocycles. The summed E-state index contributed by atoms with van der Waals surface area (Å²) in [4.78, 5) is 2.34. The third-order valence-corrected chi connectivity index (χ3v) is 13.4. The topological polar surface area (TPSA) is 21.7 Å². The Morgan fingerprint density at radius 2 is 1.73 bits per heavy atom. The number of ether oxygens (including phenoxy) is 2. The van der Waals surface area contributed by atoms with Crippen molar-refractivity contribution in [2.45, 2.75) is 124 Å². The van der Waals surface area contributed by atoms with Gasteiger partial charge in [-0.05, 0) is 143 Å². The van der Waals surface area contributed by atoms with E-state index in [1.807, 2.05) is 0 Å². The minimum absolute atomic E-state index is 0.447. The highest BCUT2D eigenvalue weighted by molar-refractivity contribution is 5.20. The van der Waals surface area contributed by atoms with Gasteiger partial charge in [-0.2, -0.15) is 0 Å². The van der Waals surface area contributed by atoms with E-state index in [9.17, 15) is 0 Å². The summed E-state index contributed by atoms with van der Waals surface area (Å²) in [6.45, 7) is 14.5. The molecule has 0 radical (unpaired) electrons. The fourth-order valence-electron chi connectivity index (χ4n) is 11.4. The third-order valence-electron chi connectivity index (χ3n) is 13.4. The second-order valence-electron chi connectivity index (χ2n) is 16.2. The summed E-state index contributed by atoms with van der Waals surface area (Å²) in [5.41, 5.74) is 3.66. The van der Waals surface area contributed by atoms with Gasteiger partial charge in [0, 0.05) is 6.54 Å². The number of rotatable bonds is 8. The molecule has 5 fully saturated rings. The molecular weight excluding hydrogens is 490 g/mol. The molecule has 1 aromatic rings. The van der Waals surface area contributed by atoms with Crippen molar-refractivity contribution in [2.24, 2.45) is 52.3 Å². The van der Waals surface area contributed by atoms with Crippen LogP contribution in [0, 0.1) is 59.2 Å². The average Bonchev–Trinajstić information content (AvgIpc) is 3.39.